The van der Waals surface area contributed by atoms with E-state index < -0.39 is 0 Å². The van der Waals surface area contributed by atoms with Gasteiger partial charge < -0.3 is 10.8 Å². The molecule has 1 atom stereocenters. The van der Waals surface area contributed by atoms with Crippen LogP contribution in [-0.2, 0) is 5.54 Å². The van der Waals surface area contributed by atoms with Crippen molar-refractivity contribution >= 4 is 0 Å². The number of aliphatic hydroxyl groups excluding tert-OH is 1. The summed E-state index contributed by atoms with van der Waals surface area (Å²) in [5.74, 6) is 0. The number of aryl methyl sites for hydroxylation is 3. The fourth-order valence-electron chi connectivity index (χ4n) is 2.16. The van der Waals surface area contributed by atoms with E-state index in [0.717, 1.165) is 12.8 Å². The third kappa shape index (κ3) is 2.83. The highest BCUT2D eigenvalue weighted by atomic mass is 16.2. The Kier molecular flexibility index (Phi) is 4.11. The molecule has 0 saturated heterocycles. The van der Waals surface area contributed by atoms with Gasteiger partial charge in [-0.2, -0.15) is 0 Å². The lowest BCUT2D eigenvalue weighted by Crippen LogP contribution is -2.34. The average molecular weight is 221 g/mol. The van der Waals surface area contributed by atoms with Crippen molar-refractivity contribution in [3.8, 4) is 0 Å². The van der Waals surface area contributed by atoms with Gasteiger partial charge in [0.05, 0.1) is 0 Å². The van der Waals surface area contributed by atoms with Crippen molar-refractivity contribution < 1.29 is 5.11 Å². The number of nitrogens with two attached hydrogens (primary N) is 1. The third-order valence-corrected chi connectivity index (χ3v) is 3.31. The number of hydrogen-bond donors (Lipinski definition) is 2. The maximum absolute atomic E-state index is 8.89. The molecule has 0 aromatic heterocycles. The zero-order chi connectivity index (χ0) is 12.3. The van der Waals surface area contributed by atoms with E-state index in [2.05, 4.69) is 32.9 Å². The van der Waals surface area contributed by atoms with Crippen LogP contribution in [0.2, 0.25) is 0 Å². The molecule has 1 unspecified atom stereocenters. The maximum atomic E-state index is 8.89. The van der Waals surface area contributed by atoms with Gasteiger partial charge in [0.15, 0.2) is 0 Å². The van der Waals surface area contributed by atoms with Crippen LogP contribution in [0.5, 0.6) is 0 Å². The van der Waals surface area contributed by atoms with Crippen LogP contribution in [0.4, 0.5) is 0 Å². The molecule has 3 N–H and O–H groups in total. The van der Waals surface area contributed by atoms with E-state index in [1.165, 1.54) is 22.3 Å². The molecule has 90 valence electrons. The fourth-order valence-corrected chi connectivity index (χ4v) is 2.16. The summed E-state index contributed by atoms with van der Waals surface area (Å²) >= 11 is 0. The first-order valence-corrected chi connectivity index (χ1v) is 5.86. The first kappa shape index (κ1) is 13.2. The highest BCUT2D eigenvalue weighted by Gasteiger charge is 2.22. The first-order chi connectivity index (χ1) is 7.38. The largest absolute Gasteiger partial charge is 0.396 e. The lowest BCUT2D eigenvalue weighted by molar-refractivity contribution is 0.265. The molecule has 0 fully saturated rings. The summed E-state index contributed by atoms with van der Waals surface area (Å²) in [5, 5.41) is 8.89. The molecule has 1 aromatic carbocycles. The average Bonchev–Trinajstić information content (AvgIpc) is 2.20. The monoisotopic (exact) mass is 221 g/mol. The standard InChI is InChI=1S/C14H23NO/c1-10-8-12(3)13(9-11(10)2)14(4,15)6-5-7-16/h8-9,16H,5-7,15H2,1-4H3. The molecule has 0 bridgehead atoms. The number of aliphatic hydroxyl groups is 1. The van der Waals surface area contributed by atoms with Crippen LogP contribution < -0.4 is 5.73 Å². The van der Waals surface area contributed by atoms with Crippen LogP contribution >= 0.6 is 0 Å². The van der Waals surface area contributed by atoms with Crippen molar-refractivity contribution in [2.45, 2.75) is 46.1 Å². The van der Waals surface area contributed by atoms with E-state index in [4.69, 9.17) is 10.8 Å². The van der Waals surface area contributed by atoms with Crippen LogP contribution in [-0.4, -0.2) is 11.7 Å². The Balaban J connectivity index is 3.07. The summed E-state index contributed by atoms with van der Waals surface area (Å²) in [6, 6.07) is 4.37. The second kappa shape index (κ2) is 4.98. The zero-order valence-corrected chi connectivity index (χ0v) is 10.8. The molecule has 0 aliphatic carbocycles. The molecule has 0 aliphatic heterocycles. The SMILES string of the molecule is Cc1cc(C)c(C(C)(N)CCCO)cc1C. The Bertz CT molecular complexity index is 369. The van der Waals surface area contributed by atoms with Crippen molar-refractivity contribution in [2.75, 3.05) is 6.61 Å². The molecule has 0 heterocycles. The Morgan fingerprint density at radius 3 is 2.25 bits per heavy atom. The van der Waals surface area contributed by atoms with Crippen molar-refractivity contribution in [1.82, 2.24) is 0 Å². The number of rotatable bonds is 4. The predicted octanol–water partition coefficient (Wildman–Crippen LogP) is 2.56. The minimum absolute atomic E-state index is 0.205. The Morgan fingerprint density at radius 2 is 1.69 bits per heavy atom. The van der Waals surface area contributed by atoms with Gasteiger partial charge in [0, 0.05) is 12.1 Å². The van der Waals surface area contributed by atoms with Gasteiger partial charge >= 0.3 is 0 Å². The quantitative estimate of drug-likeness (QED) is 0.820. The molecule has 0 saturated carbocycles. The summed E-state index contributed by atoms with van der Waals surface area (Å²) in [6.07, 6.45) is 1.56. The van der Waals surface area contributed by atoms with E-state index in [1.54, 1.807) is 0 Å². The van der Waals surface area contributed by atoms with Crippen LogP contribution in [0.15, 0.2) is 12.1 Å². The van der Waals surface area contributed by atoms with Gasteiger partial charge in [-0.05, 0) is 62.8 Å². The molecular formula is C14H23NO. The van der Waals surface area contributed by atoms with E-state index >= 15 is 0 Å². The molecule has 0 spiro atoms. The van der Waals surface area contributed by atoms with E-state index in [0.29, 0.717) is 0 Å². The molecule has 0 amide bonds. The summed E-state index contributed by atoms with van der Waals surface area (Å²) in [7, 11) is 0. The topological polar surface area (TPSA) is 46.2 Å². The fraction of sp³-hybridized carbons (Fsp3) is 0.571. The second-order valence-electron chi connectivity index (χ2n) is 5.00. The molecule has 1 rings (SSSR count). The van der Waals surface area contributed by atoms with Crippen molar-refractivity contribution in [3.63, 3.8) is 0 Å². The lowest BCUT2D eigenvalue weighted by Gasteiger charge is -2.28. The highest BCUT2D eigenvalue weighted by molar-refractivity contribution is 5.40. The van der Waals surface area contributed by atoms with Gasteiger partial charge in [-0.3, -0.25) is 0 Å². The van der Waals surface area contributed by atoms with Gasteiger partial charge in [0.2, 0.25) is 0 Å². The smallest absolute Gasteiger partial charge is 0.0431 e. The maximum Gasteiger partial charge on any atom is 0.0431 e. The van der Waals surface area contributed by atoms with Gasteiger partial charge in [-0.25, -0.2) is 0 Å². The van der Waals surface area contributed by atoms with E-state index in [1.807, 2.05) is 6.92 Å². The molecule has 1 aromatic rings. The molecule has 0 aliphatic rings. The van der Waals surface area contributed by atoms with Gasteiger partial charge in [0.1, 0.15) is 0 Å². The molecule has 2 nitrogen and oxygen atoms in total. The third-order valence-electron chi connectivity index (χ3n) is 3.31. The molecule has 0 radical (unpaired) electrons. The Labute approximate surface area is 98.5 Å². The Hall–Kier alpha value is -0.860. The minimum Gasteiger partial charge on any atom is -0.396 e. The number of hydrogen-bond acceptors (Lipinski definition) is 2. The summed E-state index contributed by atoms with van der Waals surface area (Å²) in [5.41, 5.74) is 11.0. The van der Waals surface area contributed by atoms with Crippen LogP contribution in [0.1, 0.15) is 42.0 Å². The molecule has 2 heteroatoms. The van der Waals surface area contributed by atoms with E-state index in [9.17, 15) is 0 Å². The normalized spacial score (nSPS) is 14.9. The minimum atomic E-state index is -0.342. The van der Waals surface area contributed by atoms with Crippen LogP contribution in [0.3, 0.4) is 0 Å². The highest BCUT2D eigenvalue weighted by Crippen LogP contribution is 2.28. The van der Waals surface area contributed by atoms with Gasteiger partial charge in [-0.1, -0.05) is 12.1 Å². The van der Waals surface area contributed by atoms with Crippen molar-refractivity contribution in [3.05, 3.63) is 34.4 Å². The van der Waals surface area contributed by atoms with Gasteiger partial charge in [-0.15, -0.1) is 0 Å². The van der Waals surface area contributed by atoms with Crippen molar-refractivity contribution in [1.29, 1.82) is 0 Å². The molecule has 16 heavy (non-hydrogen) atoms. The summed E-state index contributed by atoms with van der Waals surface area (Å²) < 4.78 is 0. The summed E-state index contributed by atoms with van der Waals surface area (Å²) in [6.45, 7) is 8.58. The van der Waals surface area contributed by atoms with Crippen LogP contribution in [0, 0.1) is 20.8 Å². The zero-order valence-electron chi connectivity index (χ0n) is 10.8. The second-order valence-corrected chi connectivity index (χ2v) is 5.00. The van der Waals surface area contributed by atoms with Crippen LogP contribution in [0.25, 0.3) is 0 Å². The Morgan fingerprint density at radius 1 is 1.12 bits per heavy atom. The molecular weight excluding hydrogens is 198 g/mol. The van der Waals surface area contributed by atoms with Crippen molar-refractivity contribution in [2.24, 2.45) is 5.73 Å². The lowest BCUT2D eigenvalue weighted by atomic mass is 9.84. The van der Waals surface area contributed by atoms with Gasteiger partial charge in [0.25, 0.3) is 0 Å². The predicted molar refractivity (Wildman–Crippen MR) is 68.5 cm³/mol. The number of benzene rings is 1. The first-order valence-electron chi connectivity index (χ1n) is 5.86. The van der Waals surface area contributed by atoms with E-state index in [-0.39, 0.29) is 12.1 Å². The summed E-state index contributed by atoms with van der Waals surface area (Å²) in [4.78, 5) is 0.